The molecule has 3 N–H and O–H groups in total. The Bertz CT molecular complexity index is 322. The summed E-state index contributed by atoms with van der Waals surface area (Å²) in [5.74, 6) is -0.343. The van der Waals surface area contributed by atoms with Crippen molar-refractivity contribution in [1.82, 2.24) is 0 Å². The van der Waals surface area contributed by atoms with Crippen LogP contribution < -0.4 is 5.73 Å². The Morgan fingerprint density at radius 1 is 1.57 bits per heavy atom. The van der Waals surface area contributed by atoms with Crippen LogP contribution in [0.2, 0.25) is 0 Å². The molecule has 0 unspecified atom stereocenters. The molecular formula is C9H12BrClFNO. The maximum atomic E-state index is 13.4. The molecule has 1 rings (SSSR count). The predicted octanol–water partition coefficient (Wildman–Crippen LogP) is 2.31. The number of aliphatic hydroxyl groups is 1. The fourth-order valence-corrected chi connectivity index (χ4v) is 1.71. The highest BCUT2D eigenvalue weighted by Crippen LogP contribution is 2.23. The van der Waals surface area contributed by atoms with E-state index in [1.54, 1.807) is 19.1 Å². The van der Waals surface area contributed by atoms with E-state index in [4.69, 9.17) is 10.8 Å². The summed E-state index contributed by atoms with van der Waals surface area (Å²) < 4.78 is 14.2. The molecule has 5 heteroatoms. The Kier molecular flexibility index (Phi) is 5.59. The van der Waals surface area contributed by atoms with Gasteiger partial charge in [0.25, 0.3) is 0 Å². The fraction of sp³-hybridized carbons (Fsp3) is 0.333. The van der Waals surface area contributed by atoms with Gasteiger partial charge in [-0.15, -0.1) is 12.4 Å². The van der Waals surface area contributed by atoms with Gasteiger partial charge in [-0.05, 0) is 24.6 Å². The van der Waals surface area contributed by atoms with E-state index in [9.17, 15) is 4.39 Å². The summed E-state index contributed by atoms with van der Waals surface area (Å²) in [6, 6.07) is 2.60. The van der Waals surface area contributed by atoms with Crippen LogP contribution in [0.25, 0.3) is 0 Å². The fourth-order valence-electron chi connectivity index (χ4n) is 1.12. The van der Waals surface area contributed by atoms with Gasteiger partial charge in [-0.1, -0.05) is 15.9 Å². The van der Waals surface area contributed by atoms with Crippen molar-refractivity contribution in [3.63, 3.8) is 0 Å². The first kappa shape index (κ1) is 13.8. The number of hydrogen-bond acceptors (Lipinski definition) is 2. The van der Waals surface area contributed by atoms with E-state index in [2.05, 4.69) is 15.9 Å². The first-order chi connectivity index (χ1) is 6.06. The molecule has 1 atom stereocenters. The third-order valence-electron chi connectivity index (χ3n) is 1.84. The van der Waals surface area contributed by atoms with E-state index in [0.29, 0.717) is 11.1 Å². The molecule has 0 spiro atoms. The summed E-state index contributed by atoms with van der Waals surface area (Å²) >= 11 is 3.24. The average molecular weight is 285 g/mol. The molecule has 80 valence electrons. The van der Waals surface area contributed by atoms with Gasteiger partial charge in [-0.25, -0.2) is 4.39 Å². The zero-order chi connectivity index (χ0) is 10.0. The zero-order valence-electron chi connectivity index (χ0n) is 7.63. The van der Waals surface area contributed by atoms with Gasteiger partial charge < -0.3 is 10.8 Å². The number of aryl methyl sites for hydroxylation is 1. The Hall–Kier alpha value is -0.160. The average Bonchev–Trinajstić information content (AvgIpc) is 2.10. The van der Waals surface area contributed by atoms with Crippen LogP contribution in [0.1, 0.15) is 17.2 Å². The lowest BCUT2D eigenvalue weighted by atomic mass is 10.0. The Morgan fingerprint density at radius 3 is 2.64 bits per heavy atom. The summed E-state index contributed by atoms with van der Waals surface area (Å²) in [4.78, 5) is 0. The Morgan fingerprint density at radius 2 is 2.14 bits per heavy atom. The van der Waals surface area contributed by atoms with Crippen molar-refractivity contribution in [2.75, 3.05) is 6.61 Å². The molecule has 0 amide bonds. The molecule has 0 aliphatic carbocycles. The van der Waals surface area contributed by atoms with Gasteiger partial charge in [0.15, 0.2) is 0 Å². The van der Waals surface area contributed by atoms with Crippen LogP contribution in [0.3, 0.4) is 0 Å². The molecule has 0 aliphatic rings. The maximum Gasteiger partial charge on any atom is 0.131 e. The number of rotatable bonds is 2. The number of nitrogens with two attached hydrogens (primary N) is 1. The van der Waals surface area contributed by atoms with Crippen LogP contribution in [0.5, 0.6) is 0 Å². The van der Waals surface area contributed by atoms with Crippen molar-refractivity contribution >= 4 is 28.3 Å². The molecule has 1 aromatic rings. The molecule has 0 fully saturated rings. The first-order valence-corrected chi connectivity index (χ1v) is 4.67. The minimum Gasteiger partial charge on any atom is -0.394 e. The van der Waals surface area contributed by atoms with Gasteiger partial charge in [0, 0.05) is 10.0 Å². The number of halogens is 3. The zero-order valence-corrected chi connectivity index (χ0v) is 10.0. The quantitative estimate of drug-likeness (QED) is 0.875. The van der Waals surface area contributed by atoms with Crippen LogP contribution in [0.4, 0.5) is 4.39 Å². The molecule has 0 aromatic heterocycles. The minimum absolute atomic E-state index is 0. The van der Waals surface area contributed by atoms with Gasteiger partial charge in [-0.2, -0.15) is 0 Å². The SMILES string of the molecule is Cc1cc(Br)cc([C@H](N)CO)c1F.Cl. The predicted molar refractivity (Wildman–Crippen MR) is 60.1 cm³/mol. The second-order valence-corrected chi connectivity index (χ2v) is 3.83. The van der Waals surface area contributed by atoms with Crippen LogP contribution in [0, 0.1) is 12.7 Å². The summed E-state index contributed by atoms with van der Waals surface area (Å²) in [5.41, 5.74) is 6.39. The molecule has 14 heavy (non-hydrogen) atoms. The lowest BCUT2D eigenvalue weighted by Gasteiger charge is -2.11. The van der Waals surface area contributed by atoms with Gasteiger partial charge in [-0.3, -0.25) is 0 Å². The van der Waals surface area contributed by atoms with Crippen LogP contribution in [-0.4, -0.2) is 11.7 Å². The lowest BCUT2D eigenvalue weighted by molar-refractivity contribution is 0.265. The van der Waals surface area contributed by atoms with E-state index < -0.39 is 6.04 Å². The lowest BCUT2D eigenvalue weighted by Crippen LogP contribution is -2.16. The topological polar surface area (TPSA) is 46.2 Å². The highest BCUT2D eigenvalue weighted by atomic mass is 79.9. The smallest absolute Gasteiger partial charge is 0.131 e. The van der Waals surface area contributed by atoms with Crippen molar-refractivity contribution in [2.24, 2.45) is 5.73 Å². The summed E-state index contributed by atoms with van der Waals surface area (Å²) in [5, 5.41) is 8.79. The van der Waals surface area contributed by atoms with Crippen molar-refractivity contribution in [3.8, 4) is 0 Å². The van der Waals surface area contributed by atoms with Crippen molar-refractivity contribution in [1.29, 1.82) is 0 Å². The van der Waals surface area contributed by atoms with Gasteiger partial charge in [0.1, 0.15) is 5.82 Å². The summed E-state index contributed by atoms with van der Waals surface area (Å²) in [7, 11) is 0. The second kappa shape index (κ2) is 5.66. The molecule has 0 heterocycles. The van der Waals surface area contributed by atoms with E-state index in [0.717, 1.165) is 4.47 Å². The van der Waals surface area contributed by atoms with E-state index >= 15 is 0 Å². The van der Waals surface area contributed by atoms with E-state index in [1.807, 2.05) is 0 Å². The Labute approximate surface area is 96.8 Å². The highest BCUT2D eigenvalue weighted by molar-refractivity contribution is 9.10. The molecule has 0 saturated carbocycles. The third kappa shape index (κ3) is 2.92. The second-order valence-electron chi connectivity index (χ2n) is 2.91. The molecule has 0 radical (unpaired) electrons. The monoisotopic (exact) mass is 283 g/mol. The normalized spacial score (nSPS) is 12.1. The van der Waals surface area contributed by atoms with Crippen molar-refractivity contribution in [3.05, 3.63) is 33.5 Å². The van der Waals surface area contributed by atoms with Crippen molar-refractivity contribution < 1.29 is 9.50 Å². The molecule has 0 bridgehead atoms. The van der Waals surface area contributed by atoms with Gasteiger partial charge in [0.05, 0.1) is 12.6 Å². The number of hydrogen-bond donors (Lipinski definition) is 2. The first-order valence-electron chi connectivity index (χ1n) is 3.88. The van der Waals surface area contributed by atoms with Crippen LogP contribution in [0.15, 0.2) is 16.6 Å². The van der Waals surface area contributed by atoms with E-state index in [1.165, 1.54) is 0 Å². The number of aliphatic hydroxyl groups excluding tert-OH is 1. The maximum absolute atomic E-state index is 13.4. The highest BCUT2D eigenvalue weighted by Gasteiger charge is 2.13. The molecule has 0 aliphatic heterocycles. The van der Waals surface area contributed by atoms with Gasteiger partial charge >= 0.3 is 0 Å². The Balaban J connectivity index is 0.00000169. The third-order valence-corrected chi connectivity index (χ3v) is 2.30. The standard InChI is InChI=1S/C9H11BrFNO.ClH/c1-5-2-6(10)3-7(9(5)11)8(12)4-13;/h2-3,8,13H,4,12H2,1H3;1H/t8-;/m1./s1. The molecule has 0 saturated heterocycles. The molecule has 1 aromatic carbocycles. The summed E-state index contributed by atoms with van der Waals surface area (Å²) in [6.45, 7) is 1.40. The van der Waals surface area contributed by atoms with E-state index in [-0.39, 0.29) is 24.8 Å². The largest absolute Gasteiger partial charge is 0.394 e. The minimum atomic E-state index is -0.656. The van der Waals surface area contributed by atoms with Crippen LogP contribution >= 0.6 is 28.3 Å². The molecule has 2 nitrogen and oxygen atoms in total. The summed E-state index contributed by atoms with van der Waals surface area (Å²) in [6.07, 6.45) is 0. The number of benzene rings is 1. The van der Waals surface area contributed by atoms with Crippen molar-refractivity contribution in [2.45, 2.75) is 13.0 Å². The van der Waals surface area contributed by atoms with Gasteiger partial charge in [0.2, 0.25) is 0 Å². The molecular weight excluding hydrogens is 272 g/mol. The van der Waals surface area contributed by atoms with Crippen LogP contribution in [-0.2, 0) is 0 Å².